The second-order valence-corrected chi connectivity index (χ2v) is 7.25. The van der Waals surface area contributed by atoms with Crippen LogP contribution in [0.5, 0.6) is 0 Å². The van der Waals surface area contributed by atoms with Crippen molar-refractivity contribution in [1.82, 2.24) is 10.2 Å². The van der Waals surface area contributed by atoms with Crippen molar-refractivity contribution in [3.8, 4) is 0 Å². The summed E-state index contributed by atoms with van der Waals surface area (Å²) >= 11 is 0. The molecule has 1 atom stereocenters. The highest BCUT2D eigenvalue weighted by molar-refractivity contribution is 6.22. The lowest BCUT2D eigenvalue weighted by Crippen LogP contribution is -2.31. The number of hydrogen-bond acceptors (Lipinski definition) is 5. The Morgan fingerprint density at radius 2 is 1.87 bits per heavy atom. The Bertz CT molecular complexity index is 1100. The summed E-state index contributed by atoms with van der Waals surface area (Å²) in [6.07, 6.45) is 0.560. The zero-order chi connectivity index (χ0) is 21.3. The molecule has 1 aromatic heterocycles. The lowest BCUT2D eigenvalue weighted by atomic mass is 10.0. The summed E-state index contributed by atoms with van der Waals surface area (Å²) in [5, 5.41) is 3.85. The Morgan fingerprint density at radius 1 is 1.10 bits per heavy atom. The number of para-hydroxylation sites is 1. The number of imide groups is 1. The van der Waals surface area contributed by atoms with Crippen LogP contribution in [0.4, 0.5) is 0 Å². The van der Waals surface area contributed by atoms with Gasteiger partial charge in [0.15, 0.2) is 0 Å². The van der Waals surface area contributed by atoms with Gasteiger partial charge in [-0.15, -0.1) is 0 Å². The van der Waals surface area contributed by atoms with E-state index in [-0.39, 0.29) is 35.9 Å². The molecule has 0 unspecified atom stereocenters. The van der Waals surface area contributed by atoms with Gasteiger partial charge < -0.3 is 14.5 Å². The van der Waals surface area contributed by atoms with Crippen LogP contribution in [0.3, 0.4) is 0 Å². The zero-order valence-electron chi connectivity index (χ0n) is 16.8. The molecule has 2 aromatic carbocycles. The molecule has 7 heteroatoms. The van der Waals surface area contributed by atoms with E-state index in [0.29, 0.717) is 29.9 Å². The maximum absolute atomic E-state index is 12.7. The summed E-state index contributed by atoms with van der Waals surface area (Å²) < 4.78 is 10.8. The van der Waals surface area contributed by atoms with Crippen molar-refractivity contribution in [2.75, 3.05) is 20.3 Å². The second-order valence-electron chi connectivity index (χ2n) is 7.25. The first-order chi connectivity index (χ1) is 14.5. The van der Waals surface area contributed by atoms with Crippen molar-refractivity contribution in [2.24, 2.45) is 0 Å². The summed E-state index contributed by atoms with van der Waals surface area (Å²) in [5.41, 5.74) is 1.64. The monoisotopic (exact) mass is 406 g/mol. The second kappa shape index (κ2) is 8.12. The lowest BCUT2D eigenvalue weighted by molar-refractivity contribution is 0.0638. The minimum Gasteiger partial charge on any atom is -0.459 e. The molecule has 0 fully saturated rings. The van der Waals surface area contributed by atoms with E-state index in [4.69, 9.17) is 9.15 Å². The number of fused-ring (bicyclic) bond motifs is 2. The summed E-state index contributed by atoms with van der Waals surface area (Å²) in [5.74, 6) is -0.426. The molecule has 1 aliphatic rings. The van der Waals surface area contributed by atoms with Gasteiger partial charge in [-0.25, -0.2) is 0 Å². The summed E-state index contributed by atoms with van der Waals surface area (Å²) in [6, 6.07) is 13.7. The lowest BCUT2D eigenvalue weighted by Gasteiger charge is -2.12. The first-order valence-corrected chi connectivity index (χ1v) is 9.78. The molecule has 3 amide bonds. The van der Waals surface area contributed by atoms with Crippen molar-refractivity contribution < 1.29 is 23.5 Å². The smallest absolute Gasteiger partial charge is 0.261 e. The number of amides is 3. The van der Waals surface area contributed by atoms with Crippen LogP contribution in [0, 0.1) is 0 Å². The molecular formula is C23H22N2O5. The highest BCUT2D eigenvalue weighted by atomic mass is 16.5. The van der Waals surface area contributed by atoms with Crippen molar-refractivity contribution in [3.63, 3.8) is 0 Å². The van der Waals surface area contributed by atoms with E-state index >= 15 is 0 Å². The number of nitrogens with zero attached hydrogens (tertiary/aromatic N) is 1. The standard InChI is InChI=1S/C23H22N2O5/c1-14(20-13-15-6-3-4-7-19(15)30-20)24-21(26)16-8-9-17-18(12-16)23(28)25(22(17)27)10-5-11-29-2/h3-4,6-9,12-14H,5,10-11H2,1-2H3,(H,24,26)/t14-/m1/s1. The molecule has 4 rings (SSSR count). The molecule has 0 saturated heterocycles. The number of benzene rings is 2. The molecule has 3 aromatic rings. The number of carbonyl (C=O) groups is 3. The van der Waals surface area contributed by atoms with Gasteiger partial charge in [0.2, 0.25) is 0 Å². The quantitative estimate of drug-likeness (QED) is 0.479. The van der Waals surface area contributed by atoms with Crippen LogP contribution in [0.1, 0.15) is 56.2 Å². The minimum atomic E-state index is -0.383. The minimum absolute atomic E-state index is 0.251. The van der Waals surface area contributed by atoms with Crippen LogP contribution in [-0.4, -0.2) is 42.9 Å². The average Bonchev–Trinajstić information content (AvgIpc) is 3.29. The van der Waals surface area contributed by atoms with Gasteiger partial charge in [0.25, 0.3) is 17.7 Å². The first-order valence-electron chi connectivity index (χ1n) is 9.78. The van der Waals surface area contributed by atoms with Gasteiger partial charge in [0, 0.05) is 31.2 Å². The molecule has 30 heavy (non-hydrogen) atoms. The Hall–Kier alpha value is -3.45. The molecule has 2 heterocycles. The summed E-state index contributed by atoms with van der Waals surface area (Å²) in [6.45, 7) is 2.57. The van der Waals surface area contributed by atoms with Crippen molar-refractivity contribution in [2.45, 2.75) is 19.4 Å². The fourth-order valence-electron chi connectivity index (χ4n) is 3.57. The third-order valence-corrected chi connectivity index (χ3v) is 5.18. The van der Waals surface area contributed by atoms with Crippen molar-refractivity contribution in [1.29, 1.82) is 0 Å². The van der Waals surface area contributed by atoms with Crippen LogP contribution in [0.2, 0.25) is 0 Å². The molecule has 0 saturated carbocycles. The van der Waals surface area contributed by atoms with E-state index < -0.39 is 0 Å². The van der Waals surface area contributed by atoms with Gasteiger partial charge in [-0.1, -0.05) is 18.2 Å². The van der Waals surface area contributed by atoms with Crippen LogP contribution in [-0.2, 0) is 4.74 Å². The maximum Gasteiger partial charge on any atom is 0.261 e. The SMILES string of the molecule is COCCCN1C(=O)c2ccc(C(=O)N[C@H](C)c3cc4ccccc4o3)cc2C1=O. The normalized spacial score (nSPS) is 14.3. The fraction of sp³-hybridized carbons (Fsp3) is 0.261. The van der Waals surface area contributed by atoms with E-state index in [1.54, 1.807) is 13.2 Å². The maximum atomic E-state index is 12.7. The Balaban J connectivity index is 1.49. The van der Waals surface area contributed by atoms with Crippen LogP contribution >= 0.6 is 0 Å². The van der Waals surface area contributed by atoms with E-state index in [1.165, 1.54) is 17.0 Å². The van der Waals surface area contributed by atoms with E-state index in [2.05, 4.69) is 5.32 Å². The third-order valence-electron chi connectivity index (χ3n) is 5.18. The first kappa shape index (κ1) is 19.8. The van der Waals surface area contributed by atoms with Gasteiger partial charge in [-0.2, -0.15) is 0 Å². The Kier molecular flexibility index (Phi) is 5.37. The summed E-state index contributed by atoms with van der Waals surface area (Å²) in [7, 11) is 1.57. The Labute approximate surface area is 173 Å². The highest BCUT2D eigenvalue weighted by Gasteiger charge is 2.35. The molecule has 7 nitrogen and oxygen atoms in total. The highest BCUT2D eigenvalue weighted by Crippen LogP contribution is 2.26. The summed E-state index contributed by atoms with van der Waals surface area (Å²) in [4.78, 5) is 39.1. The van der Waals surface area contributed by atoms with Crippen molar-refractivity contribution in [3.05, 3.63) is 71.0 Å². The molecule has 0 spiro atoms. The number of hydrogen-bond donors (Lipinski definition) is 1. The van der Waals surface area contributed by atoms with Crippen LogP contribution in [0.25, 0.3) is 11.0 Å². The molecule has 0 aliphatic carbocycles. The number of nitrogens with one attached hydrogen (secondary N) is 1. The number of carbonyl (C=O) groups excluding carboxylic acids is 3. The number of furan rings is 1. The topological polar surface area (TPSA) is 88.8 Å². The van der Waals surface area contributed by atoms with Gasteiger partial charge >= 0.3 is 0 Å². The van der Waals surface area contributed by atoms with Gasteiger partial charge in [0.1, 0.15) is 11.3 Å². The van der Waals surface area contributed by atoms with Crippen LogP contribution < -0.4 is 5.32 Å². The van der Waals surface area contributed by atoms with Crippen LogP contribution in [0.15, 0.2) is 52.9 Å². The predicted molar refractivity (Wildman–Crippen MR) is 110 cm³/mol. The van der Waals surface area contributed by atoms with Gasteiger partial charge in [-0.3, -0.25) is 19.3 Å². The van der Waals surface area contributed by atoms with Gasteiger partial charge in [-0.05, 0) is 43.7 Å². The van der Waals surface area contributed by atoms with Crippen molar-refractivity contribution >= 4 is 28.7 Å². The molecule has 0 radical (unpaired) electrons. The molecular weight excluding hydrogens is 384 g/mol. The van der Waals surface area contributed by atoms with E-state index in [1.807, 2.05) is 37.3 Å². The molecule has 1 aliphatic heterocycles. The number of methoxy groups -OCH3 is 1. The number of rotatable bonds is 7. The largest absolute Gasteiger partial charge is 0.459 e. The fourth-order valence-corrected chi connectivity index (χ4v) is 3.57. The molecule has 1 N–H and O–H groups in total. The van der Waals surface area contributed by atoms with E-state index in [0.717, 1.165) is 11.0 Å². The van der Waals surface area contributed by atoms with Gasteiger partial charge in [0.05, 0.1) is 17.2 Å². The van der Waals surface area contributed by atoms with E-state index in [9.17, 15) is 14.4 Å². The Morgan fingerprint density at radius 3 is 2.63 bits per heavy atom. The molecule has 154 valence electrons. The number of ether oxygens (including phenoxy) is 1. The average molecular weight is 406 g/mol. The third kappa shape index (κ3) is 3.59. The zero-order valence-corrected chi connectivity index (χ0v) is 16.8. The molecule has 0 bridgehead atoms. The predicted octanol–water partition coefficient (Wildman–Crippen LogP) is 3.56.